The first kappa shape index (κ1) is 20.6. The Morgan fingerprint density at radius 2 is 2.07 bits per heavy atom. The third-order valence-corrected chi connectivity index (χ3v) is 5.81. The van der Waals surface area contributed by atoms with E-state index in [0.29, 0.717) is 5.82 Å². The topological polar surface area (TPSA) is 55.8 Å². The van der Waals surface area contributed by atoms with Crippen LogP contribution in [0.3, 0.4) is 0 Å². The van der Waals surface area contributed by atoms with E-state index < -0.39 is 0 Å². The van der Waals surface area contributed by atoms with Crippen LogP contribution in [-0.2, 0) is 13.0 Å². The first-order valence-corrected chi connectivity index (χ1v) is 10.9. The predicted molar refractivity (Wildman–Crippen MR) is 119 cm³/mol. The van der Waals surface area contributed by atoms with E-state index in [9.17, 15) is 4.39 Å². The third-order valence-electron chi connectivity index (χ3n) is 5.81. The van der Waals surface area contributed by atoms with Gasteiger partial charge < -0.3 is 15.5 Å². The van der Waals surface area contributed by atoms with Gasteiger partial charge in [-0.2, -0.15) is 0 Å². The molecular weight excluding hydrogens is 379 g/mol. The lowest BCUT2D eigenvalue weighted by molar-refractivity contribution is 0.261. The molecule has 7 heteroatoms. The van der Waals surface area contributed by atoms with Crippen LogP contribution in [0, 0.1) is 5.82 Å². The summed E-state index contributed by atoms with van der Waals surface area (Å²) < 4.78 is 14.0. The summed E-state index contributed by atoms with van der Waals surface area (Å²) in [6.45, 7) is 8.19. The summed E-state index contributed by atoms with van der Waals surface area (Å²) in [7, 11) is 0. The van der Waals surface area contributed by atoms with Crippen molar-refractivity contribution in [3.63, 3.8) is 0 Å². The first-order chi connectivity index (χ1) is 14.7. The van der Waals surface area contributed by atoms with E-state index in [1.54, 1.807) is 12.3 Å². The second-order valence-corrected chi connectivity index (χ2v) is 7.94. The zero-order valence-corrected chi connectivity index (χ0v) is 17.6. The highest BCUT2D eigenvalue weighted by Gasteiger charge is 2.26. The summed E-state index contributed by atoms with van der Waals surface area (Å²) in [6.07, 6.45) is 3.69. The van der Waals surface area contributed by atoms with E-state index in [1.807, 2.05) is 4.90 Å². The number of rotatable bonds is 6. The maximum Gasteiger partial charge on any atom is 0.191 e. The van der Waals surface area contributed by atoms with Gasteiger partial charge in [0.15, 0.2) is 17.6 Å². The molecule has 1 saturated heterocycles. The molecule has 1 aromatic heterocycles. The minimum Gasteiger partial charge on any atom is -0.357 e. The van der Waals surface area contributed by atoms with Crippen molar-refractivity contribution < 1.29 is 4.39 Å². The Hall–Kier alpha value is -2.67. The number of nitrogens with zero attached hydrogens (tertiary/aromatic N) is 4. The SMILES string of the molecule is CCNC(=NCCN1CCc2ccccc2C1)NC1CCN(c2ncccc2F)C1. The monoisotopic (exact) mass is 410 g/mol. The Morgan fingerprint density at radius 3 is 2.90 bits per heavy atom. The number of fused-ring (bicyclic) bond motifs is 1. The molecule has 3 heterocycles. The summed E-state index contributed by atoms with van der Waals surface area (Å²) in [6, 6.07) is 12.0. The minimum absolute atomic E-state index is 0.228. The van der Waals surface area contributed by atoms with Crippen LogP contribution in [0.1, 0.15) is 24.5 Å². The van der Waals surface area contributed by atoms with Crippen molar-refractivity contribution >= 4 is 11.8 Å². The van der Waals surface area contributed by atoms with Gasteiger partial charge in [-0.25, -0.2) is 9.37 Å². The third kappa shape index (κ3) is 5.08. The van der Waals surface area contributed by atoms with Gasteiger partial charge in [-0.1, -0.05) is 24.3 Å². The molecule has 1 unspecified atom stereocenters. The van der Waals surface area contributed by atoms with Gasteiger partial charge in [-0.05, 0) is 43.0 Å². The lowest BCUT2D eigenvalue weighted by Gasteiger charge is -2.28. The van der Waals surface area contributed by atoms with Gasteiger partial charge in [-0.3, -0.25) is 9.89 Å². The molecule has 1 aromatic carbocycles. The fraction of sp³-hybridized carbons (Fsp3) is 0.478. The van der Waals surface area contributed by atoms with Crippen molar-refractivity contribution in [1.82, 2.24) is 20.5 Å². The normalized spacial score (nSPS) is 19.6. The Balaban J connectivity index is 1.29. The standard InChI is InChI=1S/C23H31FN6/c1-2-25-23(27-12-15-29-13-9-18-6-3-4-7-19(18)16-29)28-20-10-14-30(17-20)22-21(24)8-5-11-26-22/h3-8,11,20H,2,9-10,12-17H2,1H3,(H2,25,27,28). The van der Waals surface area contributed by atoms with Crippen molar-refractivity contribution in [3.8, 4) is 0 Å². The molecule has 2 aromatic rings. The van der Waals surface area contributed by atoms with Crippen molar-refractivity contribution in [2.45, 2.75) is 32.4 Å². The molecule has 0 radical (unpaired) electrons. The van der Waals surface area contributed by atoms with Crippen LogP contribution < -0.4 is 15.5 Å². The number of guanidine groups is 1. The molecule has 2 aliphatic rings. The van der Waals surface area contributed by atoms with Crippen LogP contribution in [0.25, 0.3) is 0 Å². The number of benzene rings is 1. The average Bonchev–Trinajstić information content (AvgIpc) is 3.22. The molecule has 2 aliphatic heterocycles. The number of aromatic nitrogens is 1. The quantitative estimate of drug-likeness (QED) is 0.566. The smallest absolute Gasteiger partial charge is 0.191 e. The molecule has 2 N–H and O–H groups in total. The maximum absolute atomic E-state index is 14.0. The fourth-order valence-corrected chi connectivity index (χ4v) is 4.24. The first-order valence-electron chi connectivity index (χ1n) is 10.9. The second kappa shape index (κ2) is 9.89. The number of aliphatic imine (C=N–C) groups is 1. The van der Waals surface area contributed by atoms with E-state index in [4.69, 9.17) is 4.99 Å². The molecule has 4 rings (SSSR count). The molecule has 1 fully saturated rings. The van der Waals surface area contributed by atoms with Crippen LogP contribution in [0.4, 0.5) is 10.2 Å². The molecule has 0 spiro atoms. The fourth-order valence-electron chi connectivity index (χ4n) is 4.24. The molecular formula is C23H31FN6. The highest BCUT2D eigenvalue weighted by atomic mass is 19.1. The summed E-state index contributed by atoms with van der Waals surface area (Å²) in [5, 5.41) is 6.86. The molecule has 1 atom stereocenters. The largest absolute Gasteiger partial charge is 0.357 e. The Kier molecular flexibility index (Phi) is 6.79. The number of hydrogen-bond donors (Lipinski definition) is 2. The van der Waals surface area contributed by atoms with E-state index in [0.717, 1.165) is 64.6 Å². The highest BCUT2D eigenvalue weighted by Crippen LogP contribution is 2.21. The number of nitrogens with one attached hydrogen (secondary N) is 2. The number of pyridine rings is 1. The van der Waals surface area contributed by atoms with Gasteiger partial charge >= 0.3 is 0 Å². The molecule has 0 saturated carbocycles. The van der Waals surface area contributed by atoms with Crippen LogP contribution in [-0.4, -0.2) is 61.2 Å². The molecule has 6 nitrogen and oxygen atoms in total. The summed E-state index contributed by atoms with van der Waals surface area (Å²) >= 11 is 0. The van der Waals surface area contributed by atoms with Crippen molar-refractivity contribution in [3.05, 3.63) is 59.5 Å². The zero-order chi connectivity index (χ0) is 20.8. The van der Waals surface area contributed by atoms with Crippen LogP contribution in [0.15, 0.2) is 47.6 Å². The lowest BCUT2D eigenvalue weighted by atomic mass is 10.0. The summed E-state index contributed by atoms with van der Waals surface area (Å²) in [5.41, 5.74) is 2.91. The van der Waals surface area contributed by atoms with Crippen molar-refractivity contribution in [2.24, 2.45) is 4.99 Å². The number of hydrogen-bond acceptors (Lipinski definition) is 4. The van der Waals surface area contributed by atoms with Crippen LogP contribution >= 0.6 is 0 Å². The Bertz CT molecular complexity index is 870. The van der Waals surface area contributed by atoms with Crippen LogP contribution in [0.2, 0.25) is 0 Å². The summed E-state index contributed by atoms with van der Waals surface area (Å²) in [4.78, 5) is 13.5. The lowest BCUT2D eigenvalue weighted by Crippen LogP contribution is -2.45. The van der Waals surface area contributed by atoms with Gasteiger partial charge in [0, 0.05) is 51.5 Å². The minimum atomic E-state index is -0.262. The van der Waals surface area contributed by atoms with Gasteiger partial charge in [-0.15, -0.1) is 0 Å². The molecule has 30 heavy (non-hydrogen) atoms. The predicted octanol–water partition coefficient (Wildman–Crippen LogP) is 2.41. The Morgan fingerprint density at radius 1 is 1.20 bits per heavy atom. The van der Waals surface area contributed by atoms with E-state index >= 15 is 0 Å². The van der Waals surface area contributed by atoms with Gasteiger partial charge in [0.05, 0.1) is 6.54 Å². The number of anilines is 1. The van der Waals surface area contributed by atoms with E-state index in [1.165, 1.54) is 17.2 Å². The zero-order valence-electron chi connectivity index (χ0n) is 17.6. The van der Waals surface area contributed by atoms with E-state index in [-0.39, 0.29) is 11.9 Å². The summed E-state index contributed by atoms with van der Waals surface area (Å²) in [5.74, 6) is 1.01. The van der Waals surface area contributed by atoms with Crippen molar-refractivity contribution in [1.29, 1.82) is 0 Å². The van der Waals surface area contributed by atoms with E-state index in [2.05, 4.69) is 51.7 Å². The van der Waals surface area contributed by atoms with Crippen molar-refractivity contribution in [2.75, 3.05) is 44.2 Å². The molecule has 0 aliphatic carbocycles. The highest BCUT2D eigenvalue weighted by molar-refractivity contribution is 5.80. The Labute approximate surface area is 178 Å². The van der Waals surface area contributed by atoms with Gasteiger partial charge in [0.1, 0.15) is 0 Å². The van der Waals surface area contributed by atoms with Crippen LogP contribution in [0.5, 0.6) is 0 Å². The molecule has 0 bridgehead atoms. The number of halogens is 1. The van der Waals surface area contributed by atoms with Gasteiger partial charge in [0.25, 0.3) is 0 Å². The average molecular weight is 411 g/mol. The molecule has 0 amide bonds. The maximum atomic E-state index is 14.0. The second-order valence-electron chi connectivity index (χ2n) is 7.94. The molecule has 160 valence electrons. The van der Waals surface area contributed by atoms with Gasteiger partial charge in [0.2, 0.25) is 0 Å².